The third-order valence-corrected chi connectivity index (χ3v) is 3.69. The highest BCUT2D eigenvalue weighted by atomic mass is 16.2. The third kappa shape index (κ3) is 4.02. The van der Waals surface area contributed by atoms with E-state index in [4.69, 9.17) is 0 Å². The average Bonchev–Trinajstić information content (AvgIpc) is 2.70. The van der Waals surface area contributed by atoms with Crippen molar-refractivity contribution >= 4 is 23.8 Å². The lowest BCUT2D eigenvalue weighted by Gasteiger charge is -2.22. The van der Waals surface area contributed by atoms with Crippen LogP contribution in [-0.4, -0.2) is 44.8 Å². The lowest BCUT2D eigenvalue weighted by atomic mass is 9.92. The number of rotatable bonds is 6. The number of nitrogens with one attached hydrogen (secondary N) is 2. The summed E-state index contributed by atoms with van der Waals surface area (Å²) in [4.78, 5) is 45.1. The Balaban J connectivity index is 1.98. The van der Waals surface area contributed by atoms with E-state index in [1.807, 2.05) is 0 Å². The lowest BCUT2D eigenvalue weighted by Crippen LogP contribution is -2.44. The summed E-state index contributed by atoms with van der Waals surface area (Å²) in [5.74, 6) is -0.351. The largest absolute Gasteiger partial charge is 0.325 e. The van der Waals surface area contributed by atoms with Crippen LogP contribution >= 0.6 is 0 Å². The van der Waals surface area contributed by atoms with E-state index in [0.29, 0.717) is 12.3 Å². The van der Waals surface area contributed by atoms with Crippen LogP contribution in [-0.2, 0) is 9.59 Å². The number of carbonyl (C=O) groups is 3. The molecule has 0 aliphatic carbocycles. The Labute approximate surface area is 134 Å². The second-order valence-corrected chi connectivity index (χ2v) is 6.21. The first kappa shape index (κ1) is 16.9. The van der Waals surface area contributed by atoms with Gasteiger partial charge in [0.15, 0.2) is 0 Å². The van der Waals surface area contributed by atoms with Crippen molar-refractivity contribution in [2.24, 2.45) is 5.92 Å². The highest BCUT2D eigenvalue weighted by Crippen LogP contribution is 2.24. The molecule has 0 bridgehead atoms. The molecular weight excluding hydrogens is 298 g/mol. The standard InChI is InChI=1S/C15H21N5O3/c1-10(2)5-6-15(3)12(22)20(14(23)19-15)9-11(21)18-13-16-7-4-8-17-13/h4,7-8,10H,5-6,9H2,1-3H3,(H,19,23)(H,16,17,18,21). The molecule has 8 nitrogen and oxygen atoms in total. The quantitative estimate of drug-likeness (QED) is 0.766. The van der Waals surface area contributed by atoms with Gasteiger partial charge in [0.2, 0.25) is 11.9 Å². The van der Waals surface area contributed by atoms with Crippen LogP contribution in [0.25, 0.3) is 0 Å². The summed E-state index contributed by atoms with van der Waals surface area (Å²) < 4.78 is 0. The molecule has 1 aromatic rings. The Morgan fingerprint density at radius 3 is 2.61 bits per heavy atom. The molecular formula is C15H21N5O3. The van der Waals surface area contributed by atoms with Gasteiger partial charge in [0, 0.05) is 12.4 Å². The van der Waals surface area contributed by atoms with Gasteiger partial charge in [-0.2, -0.15) is 0 Å². The number of imide groups is 1. The summed E-state index contributed by atoms with van der Waals surface area (Å²) >= 11 is 0. The van der Waals surface area contributed by atoms with Gasteiger partial charge in [-0.25, -0.2) is 14.8 Å². The van der Waals surface area contributed by atoms with Gasteiger partial charge >= 0.3 is 6.03 Å². The SMILES string of the molecule is CC(C)CCC1(C)NC(=O)N(CC(=O)Nc2ncccn2)C1=O. The molecule has 0 spiro atoms. The van der Waals surface area contributed by atoms with E-state index < -0.39 is 17.5 Å². The zero-order valence-corrected chi connectivity index (χ0v) is 13.5. The van der Waals surface area contributed by atoms with Crippen LogP contribution in [0.15, 0.2) is 18.5 Å². The minimum atomic E-state index is -0.953. The maximum Gasteiger partial charge on any atom is 0.325 e. The van der Waals surface area contributed by atoms with E-state index in [1.165, 1.54) is 12.4 Å². The summed E-state index contributed by atoms with van der Waals surface area (Å²) in [7, 11) is 0. The Bertz CT molecular complexity index is 604. The first-order valence-electron chi connectivity index (χ1n) is 7.53. The minimum absolute atomic E-state index is 0.132. The number of hydrogen-bond acceptors (Lipinski definition) is 5. The van der Waals surface area contributed by atoms with Gasteiger partial charge < -0.3 is 5.32 Å². The molecule has 1 aliphatic rings. The van der Waals surface area contributed by atoms with Crippen molar-refractivity contribution in [1.29, 1.82) is 0 Å². The molecule has 2 N–H and O–H groups in total. The molecule has 124 valence electrons. The van der Waals surface area contributed by atoms with Crippen LogP contribution in [0, 0.1) is 5.92 Å². The molecule has 0 radical (unpaired) electrons. The molecule has 0 saturated carbocycles. The number of aromatic nitrogens is 2. The first-order valence-corrected chi connectivity index (χ1v) is 7.53. The summed E-state index contributed by atoms with van der Waals surface area (Å²) in [5, 5.41) is 5.13. The fraction of sp³-hybridized carbons (Fsp3) is 0.533. The van der Waals surface area contributed by atoms with Crippen LogP contribution in [0.5, 0.6) is 0 Å². The molecule has 1 fully saturated rings. The second-order valence-electron chi connectivity index (χ2n) is 6.21. The molecule has 1 unspecified atom stereocenters. The van der Waals surface area contributed by atoms with Gasteiger partial charge in [-0.15, -0.1) is 0 Å². The van der Waals surface area contributed by atoms with E-state index >= 15 is 0 Å². The Morgan fingerprint density at radius 2 is 2.00 bits per heavy atom. The lowest BCUT2D eigenvalue weighted by molar-refractivity contribution is -0.133. The molecule has 1 aliphatic heterocycles. The zero-order valence-electron chi connectivity index (χ0n) is 13.5. The molecule has 0 aromatic carbocycles. The first-order chi connectivity index (χ1) is 10.8. The number of anilines is 1. The van der Waals surface area contributed by atoms with Crippen molar-refractivity contribution in [3.05, 3.63) is 18.5 Å². The summed E-state index contributed by atoms with van der Waals surface area (Å²) in [6.07, 6.45) is 4.31. The van der Waals surface area contributed by atoms with E-state index in [2.05, 4.69) is 34.4 Å². The van der Waals surface area contributed by atoms with Crippen molar-refractivity contribution in [2.75, 3.05) is 11.9 Å². The van der Waals surface area contributed by atoms with Crippen molar-refractivity contribution < 1.29 is 14.4 Å². The van der Waals surface area contributed by atoms with Gasteiger partial charge in [0.1, 0.15) is 12.1 Å². The fourth-order valence-electron chi connectivity index (χ4n) is 2.31. The van der Waals surface area contributed by atoms with Crippen molar-refractivity contribution in [1.82, 2.24) is 20.2 Å². The zero-order chi connectivity index (χ0) is 17.0. The predicted molar refractivity (Wildman–Crippen MR) is 83.4 cm³/mol. The molecule has 1 atom stereocenters. The van der Waals surface area contributed by atoms with Crippen LogP contribution in [0.4, 0.5) is 10.7 Å². The molecule has 2 heterocycles. The van der Waals surface area contributed by atoms with Crippen LogP contribution < -0.4 is 10.6 Å². The predicted octanol–water partition coefficient (Wildman–Crippen LogP) is 1.16. The maximum absolute atomic E-state index is 12.5. The number of amides is 4. The monoisotopic (exact) mass is 319 g/mol. The number of urea groups is 1. The smallest absolute Gasteiger partial charge is 0.323 e. The van der Waals surface area contributed by atoms with Gasteiger partial charge in [0.05, 0.1) is 0 Å². The van der Waals surface area contributed by atoms with E-state index in [-0.39, 0.29) is 18.4 Å². The van der Waals surface area contributed by atoms with E-state index in [1.54, 1.807) is 13.0 Å². The Morgan fingerprint density at radius 1 is 1.35 bits per heavy atom. The summed E-state index contributed by atoms with van der Waals surface area (Å²) in [6.45, 7) is 5.43. The third-order valence-electron chi connectivity index (χ3n) is 3.69. The van der Waals surface area contributed by atoms with Gasteiger partial charge in [-0.05, 0) is 31.7 Å². The van der Waals surface area contributed by atoms with Crippen LogP contribution in [0.2, 0.25) is 0 Å². The molecule has 1 aromatic heterocycles. The van der Waals surface area contributed by atoms with Crippen molar-refractivity contribution in [3.63, 3.8) is 0 Å². The van der Waals surface area contributed by atoms with Crippen molar-refractivity contribution in [3.8, 4) is 0 Å². The summed E-state index contributed by atoms with van der Waals surface area (Å²) in [6, 6.07) is 1.07. The molecule has 4 amide bonds. The summed E-state index contributed by atoms with van der Waals surface area (Å²) in [5.41, 5.74) is -0.953. The number of hydrogen-bond donors (Lipinski definition) is 2. The molecule has 2 rings (SSSR count). The topological polar surface area (TPSA) is 104 Å². The fourth-order valence-corrected chi connectivity index (χ4v) is 2.31. The average molecular weight is 319 g/mol. The van der Waals surface area contributed by atoms with Crippen LogP contribution in [0.1, 0.15) is 33.6 Å². The van der Waals surface area contributed by atoms with Gasteiger partial charge in [0.25, 0.3) is 5.91 Å². The Hall–Kier alpha value is -2.51. The molecule has 23 heavy (non-hydrogen) atoms. The second kappa shape index (κ2) is 6.72. The van der Waals surface area contributed by atoms with Gasteiger partial charge in [-0.3, -0.25) is 19.8 Å². The highest BCUT2D eigenvalue weighted by molar-refractivity contribution is 6.09. The molecule has 1 saturated heterocycles. The van der Waals surface area contributed by atoms with E-state index in [0.717, 1.165) is 11.3 Å². The van der Waals surface area contributed by atoms with E-state index in [9.17, 15) is 14.4 Å². The maximum atomic E-state index is 12.5. The number of carbonyl (C=O) groups excluding carboxylic acids is 3. The highest BCUT2D eigenvalue weighted by Gasteiger charge is 2.47. The normalized spacial score (nSPS) is 20.8. The number of nitrogens with zero attached hydrogens (tertiary/aromatic N) is 3. The van der Waals surface area contributed by atoms with Crippen LogP contribution in [0.3, 0.4) is 0 Å². The Kier molecular flexibility index (Phi) is 4.92. The van der Waals surface area contributed by atoms with Crippen molar-refractivity contribution in [2.45, 2.75) is 39.2 Å². The van der Waals surface area contributed by atoms with Gasteiger partial charge in [-0.1, -0.05) is 13.8 Å². The minimum Gasteiger partial charge on any atom is -0.323 e. The molecule has 8 heteroatoms.